The number of para-hydroxylation sites is 1. The molecule has 1 aromatic carbocycles. The zero-order chi connectivity index (χ0) is 13.5. The lowest BCUT2D eigenvalue weighted by Crippen LogP contribution is -2.29. The largest absolute Gasteiger partial charge is 0.459 e. The van der Waals surface area contributed by atoms with E-state index in [1.165, 1.54) is 24.6 Å². The summed E-state index contributed by atoms with van der Waals surface area (Å²) in [6.45, 7) is 6.92. The molecule has 0 spiro atoms. The van der Waals surface area contributed by atoms with Crippen LogP contribution in [-0.4, -0.2) is 6.04 Å². The predicted octanol–water partition coefficient (Wildman–Crippen LogP) is 4.66. The Morgan fingerprint density at radius 3 is 2.79 bits per heavy atom. The Morgan fingerprint density at radius 2 is 2.11 bits per heavy atom. The SMILES string of the molecule is CC(NC1CCC(C)(C)C1)c1cc2ccccc2o1. The topological polar surface area (TPSA) is 25.2 Å². The summed E-state index contributed by atoms with van der Waals surface area (Å²) in [5.74, 6) is 1.05. The lowest BCUT2D eigenvalue weighted by atomic mass is 9.92. The zero-order valence-corrected chi connectivity index (χ0v) is 12.1. The van der Waals surface area contributed by atoms with Crippen molar-refractivity contribution in [1.29, 1.82) is 0 Å². The summed E-state index contributed by atoms with van der Waals surface area (Å²) in [7, 11) is 0. The number of nitrogens with one attached hydrogen (secondary N) is 1. The number of furan rings is 1. The number of hydrogen-bond donors (Lipinski definition) is 1. The van der Waals surface area contributed by atoms with Crippen LogP contribution in [0.2, 0.25) is 0 Å². The molecule has 1 aromatic heterocycles. The molecule has 3 rings (SSSR count). The van der Waals surface area contributed by atoms with Crippen LogP contribution in [0.15, 0.2) is 34.7 Å². The first-order chi connectivity index (χ1) is 9.03. The van der Waals surface area contributed by atoms with E-state index in [2.05, 4.69) is 44.3 Å². The van der Waals surface area contributed by atoms with E-state index in [0.29, 0.717) is 11.5 Å². The van der Waals surface area contributed by atoms with Gasteiger partial charge in [0, 0.05) is 11.4 Å². The first-order valence-electron chi connectivity index (χ1n) is 7.28. The van der Waals surface area contributed by atoms with Crippen molar-refractivity contribution in [2.45, 2.75) is 52.1 Å². The minimum atomic E-state index is 0.284. The van der Waals surface area contributed by atoms with Gasteiger partial charge in [-0.2, -0.15) is 0 Å². The molecule has 2 heteroatoms. The van der Waals surface area contributed by atoms with Crippen molar-refractivity contribution in [2.75, 3.05) is 0 Å². The van der Waals surface area contributed by atoms with E-state index < -0.39 is 0 Å². The molecule has 19 heavy (non-hydrogen) atoms. The van der Waals surface area contributed by atoms with E-state index in [-0.39, 0.29) is 6.04 Å². The van der Waals surface area contributed by atoms with Gasteiger partial charge < -0.3 is 9.73 Å². The van der Waals surface area contributed by atoms with E-state index in [0.717, 1.165) is 11.3 Å². The maximum atomic E-state index is 5.93. The van der Waals surface area contributed by atoms with Gasteiger partial charge in [-0.3, -0.25) is 0 Å². The van der Waals surface area contributed by atoms with Crippen LogP contribution < -0.4 is 5.32 Å². The molecule has 0 bridgehead atoms. The predicted molar refractivity (Wildman–Crippen MR) is 79.2 cm³/mol. The Balaban J connectivity index is 1.72. The molecule has 102 valence electrons. The van der Waals surface area contributed by atoms with E-state index in [1.54, 1.807) is 0 Å². The lowest BCUT2D eigenvalue weighted by Gasteiger charge is -2.20. The van der Waals surface area contributed by atoms with Gasteiger partial charge in [-0.1, -0.05) is 32.0 Å². The Kier molecular flexibility index (Phi) is 3.14. The van der Waals surface area contributed by atoms with Crippen molar-refractivity contribution < 1.29 is 4.42 Å². The van der Waals surface area contributed by atoms with Gasteiger partial charge in [-0.15, -0.1) is 0 Å². The average Bonchev–Trinajstić information content (AvgIpc) is 2.92. The Morgan fingerprint density at radius 1 is 1.32 bits per heavy atom. The first kappa shape index (κ1) is 12.7. The van der Waals surface area contributed by atoms with E-state index >= 15 is 0 Å². The molecule has 1 fully saturated rings. The van der Waals surface area contributed by atoms with Crippen LogP contribution in [0.1, 0.15) is 51.8 Å². The highest BCUT2D eigenvalue weighted by molar-refractivity contribution is 5.77. The summed E-state index contributed by atoms with van der Waals surface area (Å²) >= 11 is 0. The molecular weight excluding hydrogens is 234 g/mol. The Labute approximate surface area is 115 Å². The van der Waals surface area contributed by atoms with Crippen LogP contribution in [0.25, 0.3) is 11.0 Å². The minimum Gasteiger partial charge on any atom is -0.459 e. The van der Waals surface area contributed by atoms with Crippen molar-refractivity contribution >= 4 is 11.0 Å². The highest BCUT2D eigenvalue weighted by Gasteiger charge is 2.31. The fourth-order valence-electron chi connectivity index (χ4n) is 3.23. The van der Waals surface area contributed by atoms with Crippen LogP contribution >= 0.6 is 0 Å². The van der Waals surface area contributed by atoms with Gasteiger partial charge in [0.2, 0.25) is 0 Å². The molecule has 1 N–H and O–H groups in total. The maximum absolute atomic E-state index is 5.93. The molecular formula is C17H23NO. The molecule has 2 aromatic rings. The van der Waals surface area contributed by atoms with Gasteiger partial charge in [0.1, 0.15) is 11.3 Å². The third kappa shape index (κ3) is 2.69. The van der Waals surface area contributed by atoms with Gasteiger partial charge in [0.15, 0.2) is 0 Å². The Bertz CT molecular complexity index is 536. The third-order valence-corrected chi connectivity index (χ3v) is 4.33. The zero-order valence-electron chi connectivity index (χ0n) is 12.1. The lowest BCUT2D eigenvalue weighted by molar-refractivity contribution is 0.346. The highest BCUT2D eigenvalue weighted by Crippen LogP contribution is 2.38. The molecule has 0 saturated heterocycles. The number of benzene rings is 1. The van der Waals surface area contributed by atoms with Gasteiger partial charge >= 0.3 is 0 Å². The smallest absolute Gasteiger partial charge is 0.134 e. The van der Waals surface area contributed by atoms with E-state index in [4.69, 9.17) is 4.42 Å². The van der Waals surface area contributed by atoms with Gasteiger partial charge in [-0.25, -0.2) is 0 Å². The van der Waals surface area contributed by atoms with E-state index in [1.807, 2.05) is 12.1 Å². The molecule has 2 nitrogen and oxygen atoms in total. The van der Waals surface area contributed by atoms with E-state index in [9.17, 15) is 0 Å². The van der Waals surface area contributed by atoms with Crippen molar-refractivity contribution in [3.05, 3.63) is 36.1 Å². The fourth-order valence-corrected chi connectivity index (χ4v) is 3.23. The van der Waals surface area contributed by atoms with Crippen LogP contribution in [0.3, 0.4) is 0 Å². The normalized spacial score (nSPS) is 23.8. The molecule has 1 heterocycles. The molecule has 1 aliphatic carbocycles. The fraction of sp³-hybridized carbons (Fsp3) is 0.529. The summed E-state index contributed by atoms with van der Waals surface area (Å²) in [4.78, 5) is 0. The number of hydrogen-bond acceptors (Lipinski definition) is 2. The summed E-state index contributed by atoms with van der Waals surface area (Å²) in [5, 5.41) is 4.91. The van der Waals surface area contributed by atoms with Gasteiger partial charge in [0.25, 0.3) is 0 Å². The molecule has 0 aliphatic heterocycles. The second-order valence-corrected chi connectivity index (χ2v) is 6.68. The van der Waals surface area contributed by atoms with Crippen LogP contribution in [0.5, 0.6) is 0 Å². The monoisotopic (exact) mass is 257 g/mol. The van der Waals surface area contributed by atoms with Gasteiger partial charge in [-0.05, 0) is 43.7 Å². The van der Waals surface area contributed by atoms with Crippen molar-refractivity contribution in [2.24, 2.45) is 5.41 Å². The second-order valence-electron chi connectivity index (χ2n) is 6.68. The molecule has 0 radical (unpaired) electrons. The summed E-state index contributed by atoms with van der Waals surface area (Å²) in [6.07, 6.45) is 3.85. The van der Waals surface area contributed by atoms with Crippen molar-refractivity contribution in [1.82, 2.24) is 5.32 Å². The summed E-state index contributed by atoms with van der Waals surface area (Å²) < 4.78 is 5.93. The second kappa shape index (κ2) is 4.68. The van der Waals surface area contributed by atoms with Crippen molar-refractivity contribution in [3.63, 3.8) is 0 Å². The highest BCUT2D eigenvalue weighted by atomic mass is 16.3. The summed E-state index contributed by atoms with van der Waals surface area (Å²) in [6, 6.07) is 11.3. The van der Waals surface area contributed by atoms with Crippen LogP contribution in [0.4, 0.5) is 0 Å². The van der Waals surface area contributed by atoms with Crippen LogP contribution in [-0.2, 0) is 0 Å². The Hall–Kier alpha value is -1.28. The molecule has 0 amide bonds. The number of fused-ring (bicyclic) bond motifs is 1. The quantitative estimate of drug-likeness (QED) is 0.865. The maximum Gasteiger partial charge on any atom is 0.134 e. The van der Waals surface area contributed by atoms with Crippen LogP contribution in [0, 0.1) is 5.41 Å². The average molecular weight is 257 g/mol. The minimum absolute atomic E-state index is 0.284. The molecule has 2 atom stereocenters. The number of rotatable bonds is 3. The summed E-state index contributed by atoms with van der Waals surface area (Å²) in [5.41, 5.74) is 1.48. The molecule has 1 aliphatic rings. The molecule has 2 unspecified atom stereocenters. The third-order valence-electron chi connectivity index (χ3n) is 4.33. The first-order valence-corrected chi connectivity index (χ1v) is 7.28. The molecule has 1 saturated carbocycles. The van der Waals surface area contributed by atoms with Crippen molar-refractivity contribution in [3.8, 4) is 0 Å². The van der Waals surface area contributed by atoms with Gasteiger partial charge in [0.05, 0.1) is 6.04 Å². The standard InChI is InChI=1S/C17H23NO/c1-12(18-14-8-9-17(2,3)11-14)16-10-13-6-4-5-7-15(13)19-16/h4-7,10,12,14,18H,8-9,11H2,1-3H3.